The summed E-state index contributed by atoms with van der Waals surface area (Å²) in [5.74, 6) is 0.961. The van der Waals surface area contributed by atoms with E-state index in [1.165, 1.54) is 14.0 Å². The van der Waals surface area contributed by atoms with Crippen molar-refractivity contribution in [2.45, 2.75) is 13.0 Å². The van der Waals surface area contributed by atoms with Gasteiger partial charge in [-0.1, -0.05) is 12.1 Å². The summed E-state index contributed by atoms with van der Waals surface area (Å²) < 4.78 is 42.2. The second-order valence-corrected chi connectivity index (χ2v) is 8.11. The van der Waals surface area contributed by atoms with Crippen LogP contribution in [0.5, 0.6) is 17.2 Å². The summed E-state index contributed by atoms with van der Waals surface area (Å²) in [5, 5.41) is 2.72. The Kier molecular flexibility index (Phi) is 5.64. The number of ether oxygens (including phenoxy) is 3. The standard InChI is InChI=1S/C19H22N2O6S/c1-13(19(22)20-15-6-4-5-7-16(15)25-2)21(28(3,23)24)14-8-9-17-18(12-14)27-11-10-26-17/h4-9,12-13H,10-11H2,1-3H3,(H,20,22). The Balaban J connectivity index is 1.90. The average molecular weight is 406 g/mol. The predicted molar refractivity (Wildman–Crippen MR) is 106 cm³/mol. The van der Waals surface area contributed by atoms with E-state index in [2.05, 4.69) is 5.32 Å². The van der Waals surface area contributed by atoms with E-state index in [0.717, 1.165) is 10.6 Å². The number of nitrogens with one attached hydrogen (secondary N) is 1. The largest absolute Gasteiger partial charge is 0.495 e. The van der Waals surface area contributed by atoms with E-state index in [9.17, 15) is 13.2 Å². The molecule has 3 rings (SSSR count). The monoisotopic (exact) mass is 406 g/mol. The highest BCUT2D eigenvalue weighted by Gasteiger charge is 2.30. The third-order valence-electron chi connectivity index (χ3n) is 4.23. The van der Waals surface area contributed by atoms with Gasteiger partial charge in [0.1, 0.15) is 25.0 Å². The maximum Gasteiger partial charge on any atom is 0.248 e. The quantitative estimate of drug-likeness (QED) is 0.791. The molecule has 0 saturated carbocycles. The third kappa shape index (κ3) is 4.14. The molecule has 0 spiro atoms. The molecule has 0 aromatic heterocycles. The lowest BCUT2D eigenvalue weighted by Crippen LogP contribution is -2.45. The summed E-state index contributed by atoms with van der Waals surface area (Å²) in [5.41, 5.74) is 0.770. The molecular weight excluding hydrogens is 384 g/mol. The lowest BCUT2D eigenvalue weighted by atomic mass is 10.2. The van der Waals surface area contributed by atoms with Gasteiger partial charge in [0.05, 0.1) is 24.7 Å². The molecule has 1 heterocycles. The van der Waals surface area contributed by atoms with E-state index in [4.69, 9.17) is 14.2 Å². The van der Waals surface area contributed by atoms with Crippen LogP contribution in [0.2, 0.25) is 0 Å². The lowest BCUT2D eigenvalue weighted by Gasteiger charge is -2.29. The number of hydrogen-bond acceptors (Lipinski definition) is 6. The SMILES string of the molecule is COc1ccccc1NC(=O)C(C)N(c1ccc2c(c1)OCCO2)S(C)(=O)=O. The fourth-order valence-electron chi connectivity index (χ4n) is 2.96. The van der Waals surface area contributed by atoms with Gasteiger partial charge in [0.2, 0.25) is 15.9 Å². The molecule has 8 nitrogen and oxygen atoms in total. The Morgan fingerprint density at radius 2 is 1.82 bits per heavy atom. The molecule has 1 aliphatic heterocycles. The number of nitrogens with zero attached hydrogens (tertiary/aromatic N) is 1. The maximum atomic E-state index is 12.8. The van der Waals surface area contributed by atoms with Gasteiger partial charge in [-0.25, -0.2) is 8.42 Å². The molecule has 0 radical (unpaired) electrons. The van der Waals surface area contributed by atoms with Gasteiger partial charge >= 0.3 is 0 Å². The number of rotatable bonds is 6. The van der Waals surface area contributed by atoms with Crippen molar-refractivity contribution < 1.29 is 27.4 Å². The molecule has 1 unspecified atom stereocenters. The molecule has 2 aromatic rings. The van der Waals surface area contributed by atoms with Crippen molar-refractivity contribution in [1.29, 1.82) is 0 Å². The molecule has 0 bridgehead atoms. The number of hydrogen-bond donors (Lipinski definition) is 1. The molecule has 1 aliphatic rings. The van der Waals surface area contributed by atoms with Crippen molar-refractivity contribution in [2.24, 2.45) is 0 Å². The molecule has 1 N–H and O–H groups in total. The molecule has 0 saturated heterocycles. The number of methoxy groups -OCH3 is 1. The first-order valence-corrected chi connectivity index (χ1v) is 10.5. The van der Waals surface area contributed by atoms with E-state index in [1.54, 1.807) is 42.5 Å². The van der Waals surface area contributed by atoms with Gasteiger partial charge in [-0.05, 0) is 31.2 Å². The average Bonchev–Trinajstić information content (AvgIpc) is 2.67. The van der Waals surface area contributed by atoms with Crippen molar-refractivity contribution in [3.05, 3.63) is 42.5 Å². The Morgan fingerprint density at radius 1 is 1.14 bits per heavy atom. The summed E-state index contributed by atoms with van der Waals surface area (Å²) in [7, 11) is -2.26. The van der Waals surface area contributed by atoms with Crippen LogP contribution in [0, 0.1) is 0 Å². The summed E-state index contributed by atoms with van der Waals surface area (Å²) in [6, 6.07) is 10.7. The number of fused-ring (bicyclic) bond motifs is 1. The topological polar surface area (TPSA) is 94.2 Å². The van der Waals surface area contributed by atoms with Crippen molar-refractivity contribution in [3.63, 3.8) is 0 Å². The smallest absolute Gasteiger partial charge is 0.248 e. The van der Waals surface area contributed by atoms with Crippen LogP contribution in [0.25, 0.3) is 0 Å². The first-order valence-electron chi connectivity index (χ1n) is 8.64. The van der Waals surface area contributed by atoms with Crippen LogP contribution >= 0.6 is 0 Å². The van der Waals surface area contributed by atoms with Gasteiger partial charge in [0.15, 0.2) is 11.5 Å². The van der Waals surface area contributed by atoms with Gasteiger partial charge in [0.25, 0.3) is 0 Å². The zero-order valence-corrected chi connectivity index (χ0v) is 16.7. The van der Waals surface area contributed by atoms with E-state index >= 15 is 0 Å². The van der Waals surface area contributed by atoms with Crippen LogP contribution in [-0.2, 0) is 14.8 Å². The van der Waals surface area contributed by atoms with E-state index in [-0.39, 0.29) is 0 Å². The van der Waals surface area contributed by atoms with Gasteiger partial charge < -0.3 is 19.5 Å². The minimum atomic E-state index is -3.75. The number of amides is 1. The zero-order valence-electron chi connectivity index (χ0n) is 15.8. The van der Waals surface area contributed by atoms with Crippen molar-refractivity contribution in [1.82, 2.24) is 0 Å². The van der Waals surface area contributed by atoms with Crippen LogP contribution in [0.15, 0.2) is 42.5 Å². The van der Waals surface area contributed by atoms with Crippen LogP contribution in [0.3, 0.4) is 0 Å². The number of anilines is 2. The van der Waals surface area contributed by atoms with Crippen molar-refractivity contribution in [2.75, 3.05) is 36.2 Å². The van der Waals surface area contributed by atoms with Crippen LogP contribution in [0.4, 0.5) is 11.4 Å². The van der Waals surface area contributed by atoms with Gasteiger partial charge in [-0.15, -0.1) is 0 Å². The second-order valence-electron chi connectivity index (χ2n) is 6.25. The molecule has 2 aromatic carbocycles. The summed E-state index contributed by atoms with van der Waals surface area (Å²) in [6.07, 6.45) is 1.05. The van der Waals surface area contributed by atoms with Crippen LogP contribution in [0.1, 0.15) is 6.92 Å². The first kappa shape index (κ1) is 19.8. The molecular formula is C19H22N2O6S. The predicted octanol–water partition coefficient (Wildman–Crippen LogP) is 2.26. The van der Waals surface area contributed by atoms with E-state index in [1.807, 2.05) is 0 Å². The summed E-state index contributed by atoms with van der Waals surface area (Å²) >= 11 is 0. The fourth-order valence-corrected chi connectivity index (χ4v) is 4.13. The maximum absolute atomic E-state index is 12.8. The number of para-hydroxylation sites is 2. The molecule has 0 aliphatic carbocycles. The Labute approximate surface area is 164 Å². The fraction of sp³-hybridized carbons (Fsp3) is 0.316. The Morgan fingerprint density at radius 3 is 2.50 bits per heavy atom. The zero-order chi connectivity index (χ0) is 20.3. The van der Waals surface area contributed by atoms with Gasteiger partial charge in [-0.2, -0.15) is 0 Å². The number of carbonyl (C=O) groups excluding carboxylic acids is 1. The Hall–Kier alpha value is -2.94. The van der Waals surface area contributed by atoms with E-state index < -0.39 is 22.0 Å². The van der Waals surface area contributed by atoms with Gasteiger partial charge in [-0.3, -0.25) is 9.10 Å². The number of carbonyl (C=O) groups is 1. The second kappa shape index (κ2) is 7.97. The lowest BCUT2D eigenvalue weighted by molar-refractivity contribution is -0.116. The molecule has 150 valence electrons. The van der Waals surface area contributed by atoms with Crippen molar-refractivity contribution >= 4 is 27.3 Å². The molecule has 28 heavy (non-hydrogen) atoms. The highest BCUT2D eigenvalue weighted by molar-refractivity contribution is 7.92. The number of benzene rings is 2. The highest BCUT2D eigenvalue weighted by Crippen LogP contribution is 2.35. The normalized spacial score (nSPS) is 14.1. The highest BCUT2D eigenvalue weighted by atomic mass is 32.2. The molecule has 0 fully saturated rings. The van der Waals surface area contributed by atoms with Crippen LogP contribution < -0.4 is 23.8 Å². The molecule has 9 heteroatoms. The first-order chi connectivity index (χ1) is 13.3. The molecule has 1 atom stereocenters. The third-order valence-corrected chi connectivity index (χ3v) is 5.48. The summed E-state index contributed by atoms with van der Waals surface area (Å²) in [6.45, 7) is 2.32. The van der Waals surface area contributed by atoms with Crippen molar-refractivity contribution in [3.8, 4) is 17.2 Å². The van der Waals surface area contributed by atoms with Gasteiger partial charge in [0, 0.05) is 6.07 Å². The number of sulfonamides is 1. The summed E-state index contributed by atoms with van der Waals surface area (Å²) in [4.78, 5) is 12.8. The minimum absolute atomic E-state index is 0.314. The van der Waals surface area contributed by atoms with E-state index in [0.29, 0.717) is 41.8 Å². The Bertz CT molecular complexity index is 976. The molecule has 1 amide bonds. The minimum Gasteiger partial charge on any atom is -0.495 e. The van der Waals surface area contributed by atoms with Crippen LogP contribution in [-0.4, -0.2) is 46.9 Å².